The Hall–Kier alpha value is -3.61. The molecule has 2 aliphatic rings. The molecule has 9 nitrogen and oxygen atoms in total. The molecule has 0 aliphatic carbocycles. The van der Waals surface area contributed by atoms with E-state index in [9.17, 15) is 10.1 Å². The summed E-state index contributed by atoms with van der Waals surface area (Å²) in [6.45, 7) is 7.23. The summed E-state index contributed by atoms with van der Waals surface area (Å²) in [6, 6.07) is 13.9. The van der Waals surface area contributed by atoms with Gasteiger partial charge in [0.15, 0.2) is 5.76 Å². The average molecular weight is 490 g/mol. The van der Waals surface area contributed by atoms with Crippen molar-refractivity contribution in [1.82, 2.24) is 15.2 Å². The predicted octanol–water partition coefficient (Wildman–Crippen LogP) is 3.52. The number of amides is 1. The molecule has 0 radical (unpaired) electrons. The minimum absolute atomic E-state index is 0.0721. The van der Waals surface area contributed by atoms with Gasteiger partial charge in [-0.25, -0.2) is 0 Å². The molecular weight excluding hydrogens is 458 g/mol. The van der Waals surface area contributed by atoms with Crippen molar-refractivity contribution in [2.45, 2.75) is 25.8 Å². The third kappa shape index (κ3) is 5.45. The highest BCUT2D eigenvalue weighted by Crippen LogP contribution is 2.31. The van der Waals surface area contributed by atoms with E-state index in [1.54, 1.807) is 12.1 Å². The van der Waals surface area contributed by atoms with Crippen LogP contribution in [-0.2, 0) is 9.53 Å². The van der Waals surface area contributed by atoms with Crippen LogP contribution in [-0.4, -0.2) is 61.7 Å². The van der Waals surface area contributed by atoms with Crippen molar-refractivity contribution in [3.63, 3.8) is 0 Å². The third-order valence-electron chi connectivity index (χ3n) is 6.94. The fourth-order valence-corrected chi connectivity index (χ4v) is 4.81. The van der Waals surface area contributed by atoms with Crippen LogP contribution in [0.1, 0.15) is 35.7 Å². The van der Waals surface area contributed by atoms with E-state index in [0.717, 1.165) is 38.4 Å². The minimum atomic E-state index is -0.100. The number of rotatable bonds is 7. The van der Waals surface area contributed by atoms with Gasteiger partial charge in [-0.2, -0.15) is 10.2 Å². The normalized spacial score (nSPS) is 18.1. The maximum atomic E-state index is 13.3. The lowest BCUT2D eigenvalue weighted by molar-refractivity contribution is -0.126. The van der Waals surface area contributed by atoms with Crippen LogP contribution < -0.4 is 10.2 Å². The summed E-state index contributed by atoms with van der Waals surface area (Å²) in [5, 5.41) is 12.9. The molecule has 188 valence electrons. The number of aryl methyl sites for hydroxylation is 1. The monoisotopic (exact) mass is 489 g/mol. The molecule has 4 heterocycles. The SMILES string of the molecule is Cc1ccc([C@@H](CN2CCOCC2)NC(=O)C2CCN(c3oc(-c4ccco4)nc3C#N)CC2)cc1. The number of hydrogen-bond acceptors (Lipinski definition) is 8. The first-order valence-corrected chi connectivity index (χ1v) is 12.5. The molecule has 2 aromatic heterocycles. The largest absolute Gasteiger partial charge is 0.459 e. The van der Waals surface area contributed by atoms with Crippen molar-refractivity contribution in [2.75, 3.05) is 50.8 Å². The first-order valence-electron chi connectivity index (χ1n) is 12.5. The number of carbonyl (C=O) groups is 1. The average Bonchev–Trinajstić information content (AvgIpc) is 3.60. The highest BCUT2D eigenvalue weighted by molar-refractivity contribution is 5.79. The van der Waals surface area contributed by atoms with Gasteiger partial charge in [0.05, 0.1) is 25.5 Å². The quantitative estimate of drug-likeness (QED) is 0.537. The molecule has 36 heavy (non-hydrogen) atoms. The number of oxazole rings is 1. The van der Waals surface area contributed by atoms with Crippen molar-refractivity contribution in [3.05, 3.63) is 59.5 Å². The molecule has 0 unspecified atom stereocenters. The highest BCUT2D eigenvalue weighted by atomic mass is 16.5. The second-order valence-corrected chi connectivity index (χ2v) is 9.41. The van der Waals surface area contributed by atoms with E-state index in [2.05, 4.69) is 52.5 Å². The number of carbonyl (C=O) groups excluding carboxylic acids is 1. The molecule has 2 aliphatic heterocycles. The molecule has 1 aromatic carbocycles. The maximum absolute atomic E-state index is 13.3. The Morgan fingerprint density at radius 3 is 2.58 bits per heavy atom. The number of benzene rings is 1. The highest BCUT2D eigenvalue weighted by Gasteiger charge is 2.31. The lowest BCUT2D eigenvalue weighted by atomic mass is 9.94. The third-order valence-corrected chi connectivity index (χ3v) is 6.94. The van der Waals surface area contributed by atoms with Crippen molar-refractivity contribution in [3.8, 4) is 17.7 Å². The van der Waals surface area contributed by atoms with Crippen molar-refractivity contribution >= 4 is 11.8 Å². The molecular formula is C27H31N5O4. The van der Waals surface area contributed by atoms with Gasteiger partial charge in [0.25, 0.3) is 5.89 Å². The molecule has 3 aromatic rings. The number of ether oxygens (including phenoxy) is 1. The van der Waals surface area contributed by atoms with Crippen LogP contribution in [0.3, 0.4) is 0 Å². The minimum Gasteiger partial charge on any atom is -0.459 e. The van der Waals surface area contributed by atoms with Crippen LogP contribution in [0.15, 0.2) is 51.5 Å². The predicted molar refractivity (Wildman–Crippen MR) is 133 cm³/mol. The Labute approximate surface area is 210 Å². The molecule has 5 rings (SSSR count). The van der Waals surface area contributed by atoms with E-state index >= 15 is 0 Å². The number of anilines is 1. The molecule has 1 atom stereocenters. The maximum Gasteiger partial charge on any atom is 0.266 e. The van der Waals surface area contributed by atoms with E-state index in [1.807, 2.05) is 4.90 Å². The summed E-state index contributed by atoms with van der Waals surface area (Å²) in [5.41, 5.74) is 2.54. The van der Waals surface area contributed by atoms with E-state index in [4.69, 9.17) is 13.6 Å². The van der Waals surface area contributed by atoms with Crippen molar-refractivity contribution < 1.29 is 18.4 Å². The number of morpholine rings is 1. The van der Waals surface area contributed by atoms with E-state index in [1.165, 1.54) is 11.8 Å². The molecule has 0 bridgehead atoms. The van der Waals surface area contributed by atoms with Crippen LogP contribution in [0.2, 0.25) is 0 Å². The van der Waals surface area contributed by atoms with Gasteiger partial charge >= 0.3 is 0 Å². The number of hydrogen-bond donors (Lipinski definition) is 1. The van der Waals surface area contributed by atoms with Crippen molar-refractivity contribution in [1.29, 1.82) is 5.26 Å². The van der Waals surface area contributed by atoms with Crippen LogP contribution in [0, 0.1) is 24.2 Å². The summed E-state index contributed by atoms with van der Waals surface area (Å²) in [4.78, 5) is 22.0. The molecule has 0 saturated carbocycles. The number of piperidine rings is 1. The van der Waals surface area contributed by atoms with Gasteiger partial charge < -0.3 is 23.8 Å². The molecule has 2 fully saturated rings. The fraction of sp³-hybridized carbons (Fsp3) is 0.444. The zero-order valence-corrected chi connectivity index (χ0v) is 20.5. The number of nitriles is 1. The first-order chi connectivity index (χ1) is 17.6. The summed E-state index contributed by atoms with van der Waals surface area (Å²) in [6.07, 6.45) is 2.88. The van der Waals surface area contributed by atoms with Gasteiger partial charge in [0.1, 0.15) is 6.07 Å². The Balaban J connectivity index is 1.23. The Morgan fingerprint density at radius 1 is 1.17 bits per heavy atom. The van der Waals surface area contributed by atoms with Crippen molar-refractivity contribution in [2.24, 2.45) is 5.92 Å². The van der Waals surface area contributed by atoms with Gasteiger partial charge in [0.2, 0.25) is 17.5 Å². The van der Waals surface area contributed by atoms with Crippen LogP contribution in [0.5, 0.6) is 0 Å². The second kappa shape index (κ2) is 11.0. The van der Waals surface area contributed by atoms with Crippen LogP contribution in [0.25, 0.3) is 11.7 Å². The molecule has 1 N–H and O–H groups in total. The lowest BCUT2D eigenvalue weighted by Gasteiger charge is -2.34. The molecule has 1 amide bonds. The molecule has 9 heteroatoms. The van der Waals surface area contributed by atoms with E-state index in [0.29, 0.717) is 37.6 Å². The molecule has 0 spiro atoms. The van der Waals surface area contributed by atoms with Gasteiger partial charge in [-0.15, -0.1) is 0 Å². The zero-order valence-electron chi connectivity index (χ0n) is 20.5. The number of aromatic nitrogens is 1. The smallest absolute Gasteiger partial charge is 0.266 e. The second-order valence-electron chi connectivity index (χ2n) is 9.41. The Bertz CT molecular complexity index is 1180. The van der Waals surface area contributed by atoms with Gasteiger partial charge in [-0.05, 0) is 37.5 Å². The van der Waals surface area contributed by atoms with E-state index < -0.39 is 0 Å². The lowest BCUT2D eigenvalue weighted by Crippen LogP contribution is -2.46. The van der Waals surface area contributed by atoms with Gasteiger partial charge in [0, 0.05) is 38.6 Å². The molecule has 2 saturated heterocycles. The summed E-state index contributed by atoms with van der Waals surface area (Å²) in [7, 11) is 0. The van der Waals surface area contributed by atoms with Gasteiger partial charge in [-0.3, -0.25) is 9.69 Å². The number of furan rings is 1. The first kappa shape index (κ1) is 24.1. The Morgan fingerprint density at radius 2 is 1.92 bits per heavy atom. The number of nitrogens with one attached hydrogen (secondary N) is 1. The summed E-state index contributed by atoms with van der Waals surface area (Å²) in [5.74, 6) is 1.18. The zero-order chi connectivity index (χ0) is 24.9. The van der Waals surface area contributed by atoms with E-state index in [-0.39, 0.29) is 29.5 Å². The number of nitrogens with zero attached hydrogens (tertiary/aromatic N) is 4. The summed E-state index contributed by atoms with van der Waals surface area (Å²) >= 11 is 0. The topological polar surface area (TPSA) is 108 Å². The van der Waals surface area contributed by atoms with Gasteiger partial charge in [-0.1, -0.05) is 29.8 Å². The summed E-state index contributed by atoms with van der Waals surface area (Å²) < 4.78 is 16.7. The fourth-order valence-electron chi connectivity index (χ4n) is 4.81. The Kier molecular flexibility index (Phi) is 7.35. The van der Waals surface area contributed by atoms with Crippen LogP contribution >= 0.6 is 0 Å². The standard InChI is InChI=1S/C27H31N5O4/c1-19-4-6-20(7-5-19)23(18-31-12-15-34-16-13-31)29-25(33)21-8-10-32(11-9-21)27-22(17-28)30-26(36-27)24-3-2-14-35-24/h2-7,14,21,23H,8-13,15-16,18H2,1H3,(H,29,33)/t23-/m1/s1. The van der Waals surface area contributed by atoms with Crippen LogP contribution in [0.4, 0.5) is 5.88 Å².